The maximum atomic E-state index is 5.68. The molecule has 12 heavy (non-hydrogen) atoms. The molecule has 0 aliphatic carbocycles. The van der Waals surface area contributed by atoms with Crippen molar-refractivity contribution in [2.24, 2.45) is 0 Å². The number of hydrogen-bond donors (Lipinski definition) is 0. The van der Waals surface area contributed by atoms with Crippen molar-refractivity contribution in [2.75, 3.05) is 5.88 Å². The van der Waals surface area contributed by atoms with Gasteiger partial charge in [0.1, 0.15) is 0 Å². The Balaban J connectivity index is 3.13. The van der Waals surface area contributed by atoms with E-state index in [1.165, 1.54) is 0 Å². The molecule has 0 unspecified atom stereocenters. The summed E-state index contributed by atoms with van der Waals surface area (Å²) in [5.74, 6) is 0.463. The van der Waals surface area contributed by atoms with E-state index < -0.39 is 0 Å². The summed E-state index contributed by atoms with van der Waals surface area (Å²) < 4.78 is 0. The van der Waals surface area contributed by atoms with Crippen LogP contribution in [0.4, 0.5) is 0 Å². The lowest BCUT2D eigenvalue weighted by Gasteiger charge is -2.05. The van der Waals surface area contributed by atoms with Gasteiger partial charge in [-0.3, -0.25) is 0 Å². The summed E-state index contributed by atoms with van der Waals surface area (Å²) in [4.78, 5) is 0. The molecule has 1 aromatic carbocycles. The number of allylic oxidation sites excluding steroid dienone is 1. The molecule has 0 spiro atoms. The lowest BCUT2D eigenvalue weighted by atomic mass is 10.0. The Kier molecular flexibility index (Phi) is 3.12. The highest BCUT2D eigenvalue weighted by Gasteiger charge is 2.00. The first-order chi connectivity index (χ1) is 5.79. The fourth-order valence-corrected chi connectivity index (χ4v) is 1.21. The maximum Gasteiger partial charge on any atom is 0.0474 e. The second-order valence-electron chi connectivity index (χ2n) is 2.53. The standard InChI is InChI=1S/C11H11Cl/c1-3-10-6-4-5-7-11(10)9(2)8-12/h3-7H,1-2,8H2. The SMILES string of the molecule is C=Cc1ccccc1C(=C)CCl. The first-order valence-electron chi connectivity index (χ1n) is 3.75. The van der Waals surface area contributed by atoms with E-state index in [-0.39, 0.29) is 0 Å². The van der Waals surface area contributed by atoms with Crippen LogP contribution in [-0.4, -0.2) is 5.88 Å². The largest absolute Gasteiger partial charge is 0.122 e. The molecule has 0 atom stereocenters. The number of hydrogen-bond acceptors (Lipinski definition) is 0. The summed E-state index contributed by atoms with van der Waals surface area (Å²) in [6.45, 7) is 7.60. The van der Waals surface area contributed by atoms with E-state index in [4.69, 9.17) is 11.6 Å². The van der Waals surface area contributed by atoms with Crippen molar-refractivity contribution in [3.63, 3.8) is 0 Å². The molecule has 0 amide bonds. The molecule has 0 radical (unpaired) electrons. The van der Waals surface area contributed by atoms with Crippen LogP contribution in [0.5, 0.6) is 0 Å². The third kappa shape index (κ3) is 1.77. The summed E-state index contributed by atoms with van der Waals surface area (Å²) in [7, 11) is 0. The Labute approximate surface area is 78.2 Å². The number of halogens is 1. The van der Waals surface area contributed by atoms with Crippen LogP contribution in [0.25, 0.3) is 11.6 Å². The summed E-state index contributed by atoms with van der Waals surface area (Å²) >= 11 is 5.68. The molecule has 0 fully saturated rings. The van der Waals surface area contributed by atoms with Crippen LogP contribution in [-0.2, 0) is 0 Å². The van der Waals surface area contributed by atoms with Crippen molar-refractivity contribution in [3.05, 3.63) is 48.6 Å². The van der Waals surface area contributed by atoms with Gasteiger partial charge < -0.3 is 0 Å². The molecular formula is C11H11Cl. The van der Waals surface area contributed by atoms with Gasteiger partial charge >= 0.3 is 0 Å². The van der Waals surface area contributed by atoms with Gasteiger partial charge in [0.15, 0.2) is 0 Å². The minimum absolute atomic E-state index is 0.463. The lowest BCUT2D eigenvalue weighted by molar-refractivity contribution is 1.55. The van der Waals surface area contributed by atoms with Crippen LogP contribution in [0, 0.1) is 0 Å². The molecule has 62 valence electrons. The Hall–Kier alpha value is -1.01. The van der Waals surface area contributed by atoms with E-state index in [1.54, 1.807) is 0 Å². The highest BCUT2D eigenvalue weighted by molar-refractivity contribution is 6.23. The highest BCUT2D eigenvalue weighted by atomic mass is 35.5. The fourth-order valence-electron chi connectivity index (χ4n) is 1.07. The second-order valence-corrected chi connectivity index (χ2v) is 2.80. The lowest BCUT2D eigenvalue weighted by Crippen LogP contribution is -1.87. The van der Waals surface area contributed by atoms with Crippen LogP contribution in [0.1, 0.15) is 11.1 Å². The molecule has 1 heteroatoms. The molecule has 0 saturated heterocycles. The van der Waals surface area contributed by atoms with Gasteiger partial charge in [0, 0.05) is 5.88 Å². The normalized spacial score (nSPS) is 9.42. The molecule has 0 aromatic heterocycles. The van der Waals surface area contributed by atoms with E-state index in [0.717, 1.165) is 16.7 Å². The molecule has 0 heterocycles. The van der Waals surface area contributed by atoms with Gasteiger partial charge in [-0.25, -0.2) is 0 Å². The molecule has 0 aliphatic heterocycles. The minimum Gasteiger partial charge on any atom is -0.122 e. The van der Waals surface area contributed by atoms with Gasteiger partial charge in [0.05, 0.1) is 0 Å². The van der Waals surface area contributed by atoms with Crippen molar-refractivity contribution in [3.8, 4) is 0 Å². The van der Waals surface area contributed by atoms with E-state index in [2.05, 4.69) is 13.2 Å². The smallest absolute Gasteiger partial charge is 0.0474 e. The Bertz CT molecular complexity index is 300. The van der Waals surface area contributed by atoms with Gasteiger partial charge in [-0.05, 0) is 16.7 Å². The van der Waals surface area contributed by atoms with Crippen molar-refractivity contribution in [2.45, 2.75) is 0 Å². The first kappa shape index (κ1) is 9.08. The van der Waals surface area contributed by atoms with Gasteiger partial charge in [-0.15, -0.1) is 11.6 Å². The molecule has 0 saturated carbocycles. The average molecular weight is 179 g/mol. The zero-order chi connectivity index (χ0) is 8.97. The third-order valence-electron chi connectivity index (χ3n) is 1.72. The van der Waals surface area contributed by atoms with Crippen molar-refractivity contribution >= 4 is 23.3 Å². The molecule has 0 nitrogen and oxygen atoms in total. The number of benzene rings is 1. The second kappa shape index (κ2) is 4.13. The molecule has 0 bridgehead atoms. The summed E-state index contributed by atoms with van der Waals surface area (Å²) in [6.07, 6.45) is 1.81. The number of rotatable bonds is 3. The monoisotopic (exact) mass is 178 g/mol. The van der Waals surface area contributed by atoms with Crippen LogP contribution < -0.4 is 0 Å². The van der Waals surface area contributed by atoms with Crippen molar-refractivity contribution in [1.29, 1.82) is 0 Å². The predicted molar refractivity (Wildman–Crippen MR) is 56.3 cm³/mol. The van der Waals surface area contributed by atoms with Crippen LogP contribution >= 0.6 is 11.6 Å². The quantitative estimate of drug-likeness (QED) is 0.621. The van der Waals surface area contributed by atoms with Gasteiger partial charge in [0.25, 0.3) is 0 Å². The zero-order valence-corrected chi connectivity index (χ0v) is 7.64. The topological polar surface area (TPSA) is 0 Å². The van der Waals surface area contributed by atoms with Crippen LogP contribution in [0.2, 0.25) is 0 Å². The Morgan fingerprint density at radius 2 is 2.08 bits per heavy atom. The van der Waals surface area contributed by atoms with E-state index in [1.807, 2.05) is 30.3 Å². The maximum absolute atomic E-state index is 5.68. The van der Waals surface area contributed by atoms with E-state index in [9.17, 15) is 0 Å². The molecule has 1 aromatic rings. The van der Waals surface area contributed by atoms with Crippen LogP contribution in [0.3, 0.4) is 0 Å². The van der Waals surface area contributed by atoms with Gasteiger partial charge in [-0.2, -0.15) is 0 Å². The average Bonchev–Trinajstić information content (AvgIpc) is 2.16. The Morgan fingerprint density at radius 3 is 2.67 bits per heavy atom. The van der Waals surface area contributed by atoms with Crippen LogP contribution in [0.15, 0.2) is 37.4 Å². The molecular weight excluding hydrogens is 168 g/mol. The fraction of sp³-hybridized carbons (Fsp3) is 0.0909. The summed E-state index contributed by atoms with van der Waals surface area (Å²) in [5, 5.41) is 0. The van der Waals surface area contributed by atoms with Gasteiger partial charge in [0.2, 0.25) is 0 Å². The number of alkyl halides is 1. The summed E-state index contributed by atoms with van der Waals surface area (Å²) in [6, 6.07) is 7.95. The summed E-state index contributed by atoms with van der Waals surface area (Å²) in [5.41, 5.74) is 3.11. The predicted octanol–water partition coefficient (Wildman–Crippen LogP) is 3.58. The van der Waals surface area contributed by atoms with E-state index >= 15 is 0 Å². The van der Waals surface area contributed by atoms with Crippen molar-refractivity contribution < 1.29 is 0 Å². The minimum atomic E-state index is 0.463. The van der Waals surface area contributed by atoms with Crippen molar-refractivity contribution in [1.82, 2.24) is 0 Å². The third-order valence-corrected chi connectivity index (χ3v) is 2.05. The highest BCUT2D eigenvalue weighted by Crippen LogP contribution is 2.19. The first-order valence-corrected chi connectivity index (χ1v) is 4.28. The van der Waals surface area contributed by atoms with Gasteiger partial charge in [-0.1, -0.05) is 43.5 Å². The molecule has 1 rings (SSSR count). The molecule has 0 aliphatic rings. The Morgan fingerprint density at radius 1 is 1.42 bits per heavy atom. The van der Waals surface area contributed by atoms with E-state index in [0.29, 0.717) is 5.88 Å². The zero-order valence-electron chi connectivity index (χ0n) is 6.89. The molecule has 0 N–H and O–H groups in total.